The van der Waals surface area contributed by atoms with E-state index in [-0.39, 0.29) is 102 Å². The summed E-state index contributed by atoms with van der Waals surface area (Å²) in [5.41, 5.74) is 24.3. The van der Waals surface area contributed by atoms with Crippen molar-refractivity contribution in [3.8, 4) is 0 Å². The summed E-state index contributed by atoms with van der Waals surface area (Å²) >= 11 is 0. The van der Waals surface area contributed by atoms with Gasteiger partial charge in [0.1, 0.15) is 48.3 Å². The highest BCUT2D eigenvalue weighted by Gasteiger charge is 2.35. The molecule has 75 heavy (non-hydrogen) atoms. The van der Waals surface area contributed by atoms with Crippen molar-refractivity contribution in [1.82, 2.24) is 47.9 Å². The summed E-state index contributed by atoms with van der Waals surface area (Å²) in [7, 11) is 0. The smallest absolute Gasteiger partial charge is 0.243 e. The molecule has 1 aromatic carbocycles. The van der Waals surface area contributed by atoms with E-state index in [9.17, 15) is 48.3 Å². The van der Waals surface area contributed by atoms with Gasteiger partial charge in [-0.3, -0.25) is 43.2 Å². The number of unbranched alkanes of at least 4 members (excludes halogenated alkanes) is 1. The summed E-state index contributed by atoms with van der Waals surface area (Å²) in [4.78, 5) is 126. The van der Waals surface area contributed by atoms with Crippen LogP contribution in [0.4, 0.5) is 0 Å². The topological polar surface area (TPSA) is 386 Å². The third-order valence-corrected chi connectivity index (χ3v) is 12.9. The Morgan fingerprint density at radius 1 is 0.600 bits per heavy atom. The minimum absolute atomic E-state index is 0.0458. The molecule has 2 rings (SSSR count). The monoisotopic (exact) mass is 1060 g/mol. The van der Waals surface area contributed by atoms with E-state index in [1.54, 1.807) is 30.3 Å². The fourth-order valence-electron chi connectivity index (χ4n) is 8.49. The molecular weight excluding hydrogens is 967 g/mol. The summed E-state index contributed by atoms with van der Waals surface area (Å²) in [5, 5.41) is 34.8. The Bertz CT molecular complexity index is 1960. The molecule has 23 nitrogen and oxygen atoms in total. The van der Waals surface area contributed by atoms with Crippen LogP contribution in [0.3, 0.4) is 0 Å². The zero-order chi connectivity index (χ0) is 56.0. The van der Waals surface area contributed by atoms with Crippen LogP contribution in [0.15, 0.2) is 30.3 Å². The Morgan fingerprint density at radius 3 is 1.55 bits per heavy atom. The van der Waals surface area contributed by atoms with Gasteiger partial charge in [-0.25, -0.2) is 0 Å². The van der Waals surface area contributed by atoms with Crippen LogP contribution in [0.2, 0.25) is 0 Å². The van der Waals surface area contributed by atoms with Gasteiger partial charge in [-0.1, -0.05) is 97.6 Å². The van der Waals surface area contributed by atoms with Crippen LogP contribution in [0.1, 0.15) is 131 Å². The Morgan fingerprint density at radius 2 is 1.05 bits per heavy atom. The zero-order valence-corrected chi connectivity index (χ0v) is 45.2. The third-order valence-electron chi connectivity index (χ3n) is 12.9. The third kappa shape index (κ3) is 25.1. The van der Waals surface area contributed by atoms with E-state index in [0.29, 0.717) is 24.3 Å². The molecule has 0 aromatic heterocycles. The predicted octanol–water partition coefficient (Wildman–Crippen LogP) is -1.53. The molecule has 5 unspecified atom stereocenters. The average Bonchev–Trinajstić information content (AvgIpc) is 3.35. The second kappa shape index (κ2) is 35.5. The van der Waals surface area contributed by atoms with Crippen molar-refractivity contribution in [3.05, 3.63) is 35.9 Å². The summed E-state index contributed by atoms with van der Waals surface area (Å²) in [6.07, 6.45) is 2.44. The molecule has 0 spiro atoms. The van der Waals surface area contributed by atoms with E-state index < -0.39 is 108 Å². The molecule has 424 valence electrons. The van der Waals surface area contributed by atoms with E-state index in [0.717, 1.165) is 19.3 Å². The highest BCUT2D eigenvalue weighted by molar-refractivity contribution is 5.98. The van der Waals surface area contributed by atoms with Gasteiger partial charge in [0.15, 0.2) is 0 Å². The van der Waals surface area contributed by atoms with Gasteiger partial charge in [0.25, 0.3) is 0 Å². The summed E-state index contributed by atoms with van der Waals surface area (Å²) in [6, 6.07) is -1.59. The summed E-state index contributed by atoms with van der Waals surface area (Å²) in [6.45, 7) is 11.1. The number of nitrogens with two attached hydrogens (primary N) is 4. The second-order valence-electron chi connectivity index (χ2n) is 20.5. The lowest BCUT2D eigenvalue weighted by molar-refractivity contribution is -0.136. The fraction of sp³-hybridized carbons (Fsp3) is 0.712. The van der Waals surface area contributed by atoms with E-state index in [1.165, 1.54) is 0 Å². The normalized spacial score (nSPS) is 23.3. The lowest BCUT2D eigenvalue weighted by Crippen LogP contribution is -2.61. The first kappa shape index (κ1) is 65.4. The van der Waals surface area contributed by atoms with Crippen molar-refractivity contribution in [1.29, 1.82) is 0 Å². The number of carbonyl (C=O) groups excluding carboxylic acids is 9. The molecule has 9 amide bonds. The maximum absolute atomic E-state index is 14.4. The molecule has 1 fully saturated rings. The molecule has 0 radical (unpaired) electrons. The van der Waals surface area contributed by atoms with Crippen molar-refractivity contribution in [3.63, 3.8) is 0 Å². The van der Waals surface area contributed by atoms with E-state index in [2.05, 4.69) is 61.7 Å². The molecular formula is C52H91N13O10. The van der Waals surface area contributed by atoms with Gasteiger partial charge in [-0.2, -0.15) is 0 Å². The van der Waals surface area contributed by atoms with Crippen LogP contribution < -0.4 is 70.8 Å². The van der Waals surface area contributed by atoms with Crippen molar-refractivity contribution in [2.24, 2.45) is 40.7 Å². The quantitative estimate of drug-likeness (QED) is 0.0495. The number of carbonyl (C=O) groups is 9. The molecule has 1 aliphatic heterocycles. The maximum atomic E-state index is 14.4. The van der Waals surface area contributed by atoms with Gasteiger partial charge < -0.3 is 75.9 Å². The first-order valence-corrected chi connectivity index (χ1v) is 26.9. The molecule has 1 saturated heterocycles. The number of hydrogen-bond acceptors (Lipinski definition) is 14. The molecule has 0 saturated carbocycles. The standard InChI is InChI=1S/C52H91N13O10/c1-7-33(6)13-11-12-16-35(66)30-44(67)58-36(17-22-53)46(69)62-40-21-26-57-45(68)41(27-31(2)3)63-48(71)38(19-24-55)59-47(70)37(18-23-54)61-51(74)42(28-32(4)5)64-52(75)43(29-34-14-9-8-10-15-34)65-49(72)39(20-25-56)60-50(40)73/h8-10,14-15,31-33,35-43,66H,7,11-13,16-30,53-56H2,1-6H3,(H,57,68)(H,58,67)(H,59,70)(H,60,73)(H,61,74)(H,62,69)(H,63,71)(H,64,75)(H,65,72)/t33?,35?,36-,37+,38+,39?,40?,41?,42+,43-/m1/s1. The number of amides is 9. The Balaban J connectivity index is 2.67. The number of nitrogens with one attached hydrogen (secondary N) is 9. The number of hydrogen-bond donors (Lipinski definition) is 14. The second-order valence-corrected chi connectivity index (χ2v) is 20.5. The fourth-order valence-corrected chi connectivity index (χ4v) is 8.49. The van der Waals surface area contributed by atoms with Crippen LogP contribution >= 0.6 is 0 Å². The zero-order valence-electron chi connectivity index (χ0n) is 45.2. The van der Waals surface area contributed by atoms with Gasteiger partial charge in [0.2, 0.25) is 53.2 Å². The molecule has 18 N–H and O–H groups in total. The molecule has 0 bridgehead atoms. The summed E-state index contributed by atoms with van der Waals surface area (Å²) < 4.78 is 0. The highest BCUT2D eigenvalue weighted by Crippen LogP contribution is 2.15. The number of aliphatic hydroxyl groups is 1. The minimum atomic E-state index is -1.47. The largest absolute Gasteiger partial charge is 0.393 e. The Labute approximate surface area is 443 Å². The predicted molar refractivity (Wildman–Crippen MR) is 285 cm³/mol. The van der Waals surface area contributed by atoms with Crippen LogP contribution in [0, 0.1) is 17.8 Å². The molecule has 10 atom stereocenters. The number of rotatable bonds is 25. The molecule has 0 aliphatic carbocycles. The number of benzene rings is 1. The van der Waals surface area contributed by atoms with Gasteiger partial charge in [0.05, 0.1) is 12.5 Å². The SMILES string of the molecule is CCC(C)CCCCC(O)CC(=O)N[C@H](CCN)C(=O)NC1CCNC(=O)C(CC(C)C)NC(=O)[C@H](CCN)NC(=O)[C@H](CCN)NC(=O)[C@H](CC(C)C)NC(=O)[C@@H](Cc2ccccc2)NC(=O)C(CCN)NC1=O. The first-order chi connectivity index (χ1) is 35.7. The van der Waals surface area contributed by atoms with E-state index >= 15 is 0 Å². The molecule has 1 aliphatic rings. The van der Waals surface area contributed by atoms with E-state index in [1.807, 2.05) is 27.7 Å². The van der Waals surface area contributed by atoms with Gasteiger partial charge in [-0.15, -0.1) is 0 Å². The molecule has 23 heteroatoms. The van der Waals surface area contributed by atoms with E-state index in [4.69, 9.17) is 22.9 Å². The van der Waals surface area contributed by atoms with Crippen molar-refractivity contribution < 1.29 is 48.3 Å². The van der Waals surface area contributed by atoms with Crippen LogP contribution in [0.25, 0.3) is 0 Å². The molecule has 1 aromatic rings. The van der Waals surface area contributed by atoms with Crippen molar-refractivity contribution >= 4 is 53.2 Å². The van der Waals surface area contributed by atoms with Crippen LogP contribution in [-0.4, -0.2) is 145 Å². The van der Waals surface area contributed by atoms with Gasteiger partial charge >= 0.3 is 0 Å². The van der Waals surface area contributed by atoms with Gasteiger partial charge in [0, 0.05) is 13.0 Å². The highest BCUT2D eigenvalue weighted by atomic mass is 16.3. The number of aliphatic hydroxyl groups excluding tert-OH is 1. The van der Waals surface area contributed by atoms with Crippen LogP contribution in [0.5, 0.6) is 0 Å². The Kier molecular flexibility index (Phi) is 30.9. The molecule has 1 heterocycles. The lowest BCUT2D eigenvalue weighted by atomic mass is 9.99. The maximum Gasteiger partial charge on any atom is 0.243 e. The Hall–Kier alpha value is -5.75. The van der Waals surface area contributed by atoms with Crippen molar-refractivity contribution in [2.75, 3.05) is 32.7 Å². The van der Waals surface area contributed by atoms with Gasteiger partial charge in [-0.05, 0) is 101 Å². The van der Waals surface area contributed by atoms with Crippen molar-refractivity contribution in [2.45, 2.75) is 186 Å². The average molecular weight is 1060 g/mol. The lowest BCUT2D eigenvalue weighted by Gasteiger charge is -2.28. The first-order valence-electron chi connectivity index (χ1n) is 26.9. The minimum Gasteiger partial charge on any atom is -0.393 e. The summed E-state index contributed by atoms with van der Waals surface area (Å²) in [5.74, 6) is -6.53. The van der Waals surface area contributed by atoms with Crippen LogP contribution in [-0.2, 0) is 49.6 Å².